The highest BCUT2D eigenvalue weighted by atomic mass is 16.1. The van der Waals surface area contributed by atoms with Crippen LogP contribution in [0, 0.1) is 6.92 Å². The van der Waals surface area contributed by atoms with Crippen molar-refractivity contribution in [1.29, 1.82) is 0 Å². The third kappa shape index (κ3) is 4.24. The maximum Gasteiger partial charge on any atom is 0.193 e. The number of aryl methyl sites for hydroxylation is 1. The number of anilines is 2. The molecular formula is C29H23N3O2. The lowest BCUT2D eigenvalue weighted by Crippen LogP contribution is -2.18. The second-order valence-corrected chi connectivity index (χ2v) is 8.15. The minimum Gasteiger partial charge on any atom is -0.341 e. The van der Waals surface area contributed by atoms with E-state index >= 15 is 0 Å². The molecule has 34 heavy (non-hydrogen) atoms. The molecule has 2 heterocycles. The third-order valence-electron chi connectivity index (χ3n) is 5.65. The zero-order valence-corrected chi connectivity index (χ0v) is 18.7. The highest BCUT2D eigenvalue weighted by molar-refractivity contribution is 6.07. The van der Waals surface area contributed by atoms with Crippen LogP contribution in [0.25, 0.3) is 16.6 Å². The van der Waals surface area contributed by atoms with E-state index in [1.807, 2.05) is 109 Å². The molecule has 0 radical (unpaired) electrons. The number of benzene rings is 3. The SMILES string of the molecule is Cc1cc2c(c(C(=O)Cc3ccccc3)n1)c(=O)cc(Nc1ccccc1)n2-c1ccccc1. The quantitative estimate of drug-likeness (QED) is 0.332. The van der Waals surface area contributed by atoms with Crippen molar-refractivity contribution in [1.82, 2.24) is 9.55 Å². The Bertz CT molecular complexity index is 1530. The molecule has 0 unspecified atom stereocenters. The van der Waals surface area contributed by atoms with Gasteiger partial charge < -0.3 is 5.32 Å². The van der Waals surface area contributed by atoms with Crippen molar-refractivity contribution in [3.8, 4) is 5.69 Å². The Morgan fingerprint density at radius 3 is 2.15 bits per heavy atom. The molecule has 5 rings (SSSR count). The van der Waals surface area contributed by atoms with E-state index in [-0.39, 0.29) is 23.3 Å². The maximum absolute atomic E-state index is 13.4. The molecule has 3 aromatic carbocycles. The lowest BCUT2D eigenvalue weighted by atomic mass is 10.0. The first-order chi connectivity index (χ1) is 16.6. The van der Waals surface area contributed by atoms with Crippen LogP contribution >= 0.6 is 0 Å². The number of carbonyl (C=O) groups excluding carboxylic acids is 1. The van der Waals surface area contributed by atoms with Gasteiger partial charge in [0, 0.05) is 29.6 Å². The summed E-state index contributed by atoms with van der Waals surface area (Å²) in [6, 6.07) is 32.4. The van der Waals surface area contributed by atoms with Crippen LogP contribution < -0.4 is 10.7 Å². The summed E-state index contributed by atoms with van der Waals surface area (Å²) in [6.07, 6.45) is 0.182. The van der Waals surface area contributed by atoms with Gasteiger partial charge in [0.25, 0.3) is 0 Å². The molecule has 0 aliphatic carbocycles. The van der Waals surface area contributed by atoms with E-state index in [0.29, 0.717) is 22.4 Å². The number of nitrogens with zero attached hydrogens (tertiary/aromatic N) is 2. The van der Waals surface area contributed by atoms with Crippen LogP contribution in [0.15, 0.2) is 108 Å². The number of hydrogen-bond acceptors (Lipinski definition) is 4. The Morgan fingerprint density at radius 2 is 1.47 bits per heavy atom. The minimum absolute atomic E-state index is 0.180. The van der Waals surface area contributed by atoms with Gasteiger partial charge in [-0.15, -0.1) is 0 Å². The summed E-state index contributed by atoms with van der Waals surface area (Å²) in [5, 5.41) is 3.70. The molecule has 0 saturated carbocycles. The molecule has 0 bridgehead atoms. The van der Waals surface area contributed by atoms with Crippen LogP contribution in [0.3, 0.4) is 0 Å². The monoisotopic (exact) mass is 445 g/mol. The standard InChI is InChI=1S/C29H23N3O2/c1-20-17-24-28(29(30-20)26(34)18-21-11-5-2-6-12-21)25(33)19-27(31-22-13-7-3-8-14-22)32(24)23-15-9-4-10-16-23/h2-17,19,31H,18H2,1H3. The van der Waals surface area contributed by atoms with Gasteiger partial charge in [0.05, 0.1) is 10.9 Å². The zero-order chi connectivity index (χ0) is 23.5. The van der Waals surface area contributed by atoms with Crippen LogP contribution in [-0.4, -0.2) is 15.3 Å². The van der Waals surface area contributed by atoms with Crippen molar-refractivity contribution < 1.29 is 4.79 Å². The molecule has 5 nitrogen and oxygen atoms in total. The molecule has 0 aliphatic rings. The van der Waals surface area contributed by atoms with Gasteiger partial charge in [0.15, 0.2) is 11.2 Å². The van der Waals surface area contributed by atoms with Gasteiger partial charge in [-0.1, -0.05) is 66.7 Å². The molecule has 0 aliphatic heterocycles. The molecule has 5 aromatic rings. The fourth-order valence-electron chi connectivity index (χ4n) is 4.15. The number of nitrogens with one attached hydrogen (secondary N) is 1. The van der Waals surface area contributed by atoms with Crippen LogP contribution in [-0.2, 0) is 6.42 Å². The van der Waals surface area contributed by atoms with E-state index < -0.39 is 0 Å². The minimum atomic E-state index is -0.246. The second-order valence-electron chi connectivity index (χ2n) is 8.15. The fourth-order valence-corrected chi connectivity index (χ4v) is 4.15. The van der Waals surface area contributed by atoms with Gasteiger partial charge in [0.1, 0.15) is 11.5 Å². The van der Waals surface area contributed by atoms with Crippen molar-refractivity contribution in [3.63, 3.8) is 0 Å². The summed E-state index contributed by atoms with van der Waals surface area (Å²) in [7, 11) is 0. The van der Waals surface area contributed by atoms with Crippen LogP contribution in [0.4, 0.5) is 11.5 Å². The topological polar surface area (TPSA) is 64.0 Å². The third-order valence-corrected chi connectivity index (χ3v) is 5.65. The Hall–Kier alpha value is -4.51. The molecule has 166 valence electrons. The molecule has 0 spiro atoms. The predicted molar refractivity (Wildman–Crippen MR) is 136 cm³/mol. The molecule has 5 heteroatoms. The van der Waals surface area contributed by atoms with Gasteiger partial charge in [-0.05, 0) is 42.8 Å². The normalized spacial score (nSPS) is 10.9. The number of fused-ring (bicyclic) bond motifs is 1. The lowest BCUT2D eigenvalue weighted by molar-refractivity contribution is 0.0989. The Kier molecular flexibility index (Phi) is 5.75. The number of para-hydroxylation sites is 2. The number of Topliss-reactive ketones (excluding diaryl/α,β-unsaturated/α-hetero) is 1. The van der Waals surface area contributed by atoms with Crippen molar-refractivity contribution in [3.05, 3.63) is 130 Å². The first-order valence-corrected chi connectivity index (χ1v) is 11.1. The Morgan fingerprint density at radius 1 is 0.853 bits per heavy atom. The van der Waals surface area contributed by atoms with Crippen molar-refractivity contribution >= 4 is 28.2 Å². The zero-order valence-electron chi connectivity index (χ0n) is 18.7. The van der Waals surface area contributed by atoms with Crippen LogP contribution in [0.5, 0.6) is 0 Å². The van der Waals surface area contributed by atoms with E-state index in [2.05, 4.69) is 10.3 Å². The van der Waals surface area contributed by atoms with E-state index in [4.69, 9.17) is 0 Å². The fraction of sp³-hybridized carbons (Fsp3) is 0.0690. The number of pyridine rings is 2. The molecule has 0 atom stereocenters. The Balaban J connectivity index is 1.74. The molecule has 1 N–H and O–H groups in total. The first-order valence-electron chi connectivity index (χ1n) is 11.1. The van der Waals surface area contributed by atoms with Crippen LogP contribution in [0.1, 0.15) is 21.7 Å². The number of aromatic nitrogens is 2. The molecule has 2 aromatic heterocycles. The molecular weight excluding hydrogens is 422 g/mol. The summed E-state index contributed by atoms with van der Waals surface area (Å²) in [5.74, 6) is 0.433. The highest BCUT2D eigenvalue weighted by Crippen LogP contribution is 2.27. The number of carbonyl (C=O) groups is 1. The largest absolute Gasteiger partial charge is 0.341 e. The number of rotatable bonds is 6. The van der Waals surface area contributed by atoms with Gasteiger partial charge in [0.2, 0.25) is 0 Å². The van der Waals surface area contributed by atoms with Gasteiger partial charge in [-0.25, -0.2) is 4.98 Å². The average Bonchev–Trinajstić information content (AvgIpc) is 2.85. The van der Waals surface area contributed by atoms with E-state index in [1.165, 1.54) is 0 Å². The molecule has 0 saturated heterocycles. The van der Waals surface area contributed by atoms with Crippen LogP contribution in [0.2, 0.25) is 0 Å². The maximum atomic E-state index is 13.4. The second kappa shape index (κ2) is 9.16. The summed E-state index contributed by atoms with van der Waals surface area (Å²) < 4.78 is 1.97. The first kappa shape index (κ1) is 21.3. The summed E-state index contributed by atoms with van der Waals surface area (Å²) in [6.45, 7) is 1.84. The van der Waals surface area contributed by atoms with E-state index in [0.717, 1.165) is 16.9 Å². The van der Waals surface area contributed by atoms with Crippen molar-refractivity contribution in [2.24, 2.45) is 0 Å². The van der Waals surface area contributed by atoms with Gasteiger partial charge >= 0.3 is 0 Å². The summed E-state index contributed by atoms with van der Waals surface area (Å²) >= 11 is 0. The summed E-state index contributed by atoms with van der Waals surface area (Å²) in [5.41, 5.74) is 3.89. The average molecular weight is 446 g/mol. The van der Waals surface area contributed by atoms with Crippen molar-refractivity contribution in [2.75, 3.05) is 5.32 Å². The smallest absolute Gasteiger partial charge is 0.193 e. The summed E-state index contributed by atoms with van der Waals surface area (Å²) in [4.78, 5) is 31.3. The van der Waals surface area contributed by atoms with Crippen molar-refractivity contribution in [2.45, 2.75) is 13.3 Å². The van der Waals surface area contributed by atoms with Gasteiger partial charge in [-0.3, -0.25) is 14.2 Å². The number of hydrogen-bond donors (Lipinski definition) is 1. The lowest BCUT2D eigenvalue weighted by Gasteiger charge is -2.19. The van der Waals surface area contributed by atoms with E-state index in [9.17, 15) is 9.59 Å². The Labute approximate surface area is 197 Å². The predicted octanol–water partition coefficient (Wildman–Crippen LogP) is 5.86. The van der Waals surface area contributed by atoms with Gasteiger partial charge in [-0.2, -0.15) is 0 Å². The molecule has 0 amide bonds. The number of ketones is 1. The highest BCUT2D eigenvalue weighted by Gasteiger charge is 2.20. The van der Waals surface area contributed by atoms with E-state index in [1.54, 1.807) is 6.07 Å². The molecule has 0 fully saturated rings.